The van der Waals surface area contributed by atoms with Crippen molar-refractivity contribution >= 4 is 65.6 Å². The molecule has 0 aliphatic rings. The van der Waals surface area contributed by atoms with Gasteiger partial charge in [-0.25, -0.2) is 15.0 Å². The molecule has 0 atom stereocenters. The van der Waals surface area contributed by atoms with E-state index in [1.165, 1.54) is 0 Å². The number of hydrogen-bond acceptors (Lipinski definition) is 6. The van der Waals surface area contributed by atoms with E-state index in [-0.39, 0.29) is 0 Å². The third-order valence-electron chi connectivity index (χ3n) is 12.4. The first-order chi connectivity index (χ1) is 32.2. The van der Waals surface area contributed by atoms with Gasteiger partial charge in [0.15, 0.2) is 17.5 Å². The Hall–Kier alpha value is -9.19. The smallest absolute Gasteiger partial charge is 0.164 e. The quantitative estimate of drug-likeness (QED) is 0.165. The van der Waals surface area contributed by atoms with Crippen LogP contribution in [0.4, 0.5) is 0 Å². The number of benzene rings is 8. The van der Waals surface area contributed by atoms with Gasteiger partial charge in [0.1, 0.15) is 17.2 Å². The van der Waals surface area contributed by atoms with E-state index in [4.69, 9.17) is 24.4 Å². The predicted octanol–water partition coefficient (Wildman–Crippen LogP) is 13.9. The van der Waals surface area contributed by atoms with Gasteiger partial charge in [0.2, 0.25) is 0 Å². The van der Waals surface area contributed by atoms with Gasteiger partial charge < -0.3 is 13.6 Å². The summed E-state index contributed by atoms with van der Waals surface area (Å²) >= 11 is 0. The van der Waals surface area contributed by atoms with Crippen molar-refractivity contribution in [2.75, 3.05) is 0 Å². The van der Waals surface area contributed by atoms with Crippen molar-refractivity contribution in [3.63, 3.8) is 0 Å². The monoisotopic (exact) mass is 831 g/mol. The molecule has 0 amide bonds. The molecule has 0 aliphatic heterocycles. The molecule has 5 aromatic heterocycles. The molecule has 302 valence electrons. The predicted molar refractivity (Wildman–Crippen MR) is 260 cm³/mol. The summed E-state index contributed by atoms with van der Waals surface area (Å²) < 4.78 is 11.2. The van der Waals surface area contributed by atoms with E-state index >= 15 is 0 Å². The van der Waals surface area contributed by atoms with Gasteiger partial charge >= 0.3 is 0 Å². The Balaban J connectivity index is 1.13. The van der Waals surface area contributed by atoms with E-state index in [1.54, 1.807) is 0 Å². The topological polar surface area (TPSA) is 98.4 Å². The number of hydrogen-bond donors (Lipinski definition) is 0. The Morgan fingerprint density at radius 1 is 0.446 bits per heavy atom. The van der Waals surface area contributed by atoms with E-state index in [9.17, 15) is 5.26 Å². The molecular weight excluding hydrogens is 799 g/mol. The Kier molecular flexibility index (Phi) is 8.10. The third-order valence-corrected chi connectivity index (χ3v) is 12.4. The van der Waals surface area contributed by atoms with Gasteiger partial charge in [0.25, 0.3) is 0 Å². The zero-order chi connectivity index (χ0) is 43.0. The molecule has 0 N–H and O–H groups in total. The Bertz CT molecular complexity index is 3970. The fourth-order valence-electron chi connectivity index (χ4n) is 9.60. The van der Waals surface area contributed by atoms with Crippen molar-refractivity contribution in [3.8, 4) is 62.9 Å². The van der Waals surface area contributed by atoms with Crippen molar-refractivity contribution in [2.24, 2.45) is 0 Å². The number of pyridine rings is 1. The summed E-state index contributed by atoms with van der Waals surface area (Å²) in [6.45, 7) is 0. The second kappa shape index (κ2) is 14.4. The van der Waals surface area contributed by atoms with Crippen LogP contribution in [0.2, 0.25) is 0 Å². The van der Waals surface area contributed by atoms with E-state index in [2.05, 4.69) is 112 Å². The fourth-order valence-corrected chi connectivity index (χ4v) is 9.60. The molecule has 8 heteroatoms. The van der Waals surface area contributed by atoms with Gasteiger partial charge in [0.05, 0.1) is 44.4 Å². The average molecular weight is 832 g/mol. The fraction of sp³-hybridized carbons (Fsp3) is 0. The highest BCUT2D eigenvalue weighted by Crippen LogP contribution is 2.44. The zero-order valence-corrected chi connectivity index (χ0v) is 34.6. The highest BCUT2D eigenvalue weighted by Gasteiger charge is 2.25. The maximum atomic E-state index is 11.4. The van der Waals surface area contributed by atoms with Gasteiger partial charge in [-0.3, -0.25) is 4.98 Å². The van der Waals surface area contributed by atoms with Crippen molar-refractivity contribution < 1.29 is 4.42 Å². The first kappa shape index (κ1) is 36.5. The number of para-hydroxylation sites is 4. The lowest BCUT2D eigenvalue weighted by atomic mass is 9.98. The lowest BCUT2D eigenvalue weighted by molar-refractivity contribution is 0.673. The molecule has 0 unspecified atom stereocenters. The molecule has 8 aromatic carbocycles. The molecule has 0 radical (unpaired) electrons. The van der Waals surface area contributed by atoms with E-state index < -0.39 is 0 Å². The van der Waals surface area contributed by atoms with Crippen LogP contribution in [0.15, 0.2) is 205 Å². The molecule has 13 aromatic rings. The second-order valence-electron chi connectivity index (χ2n) is 16.1. The molecule has 0 saturated carbocycles. The number of aromatic nitrogens is 6. The SMILES string of the molecule is N#Cc1cc(-c2nc(-c3ccccc3)nc(-c3ccccc3)n2)cc(-c2cc(-n3c4ccccc4c4ccccc43)ccn2)c1-n1c2ccccc2c2c3oc4ccccc4c3ccc21. The van der Waals surface area contributed by atoms with Crippen LogP contribution >= 0.6 is 0 Å². The number of rotatable bonds is 6. The van der Waals surface area contributed by atoms with Crippen LogP contribution in [0.5, 0.6) is 0 Å². The minimum Gasteiger partial charge on any atom is -0.455 e. The maximum absolute atomic E-state index is 11.4. The number of nitriles is 1. The first-order valence-corrected chi connectivity index (χ1v) is 21.4. The molecular formula is C57H33N7O. The summed E-state index contributed by atoms with van der Waals surface area (Å²) in [6.07, 6.45) is 1.85. The summed E-state index contributed by atoms with van der Waals surface area (Å²) in [5.41, 5.74) is 11.4. The van der Waals surface area contributed by atoms with Crippen molar-refractivity contribution in [2.45, 2.75) is 0 Å². The van der Waals surface area contributed by atoms with Crippen LogP contribution in [-0.2, 0) is 0 Å². The lowest BCUT2D eigenvalue weighted by Gasteiger charge is -2.18. The molecule has 0 saturated heterocycles. The molecule has 13 rings (SSSR count). The van der Waals surface area contributed by atoms with E-state index in [0.29, 0.717) is 40.0 Å². The summed E-state index contributed by atoms with van der Waals surface area (Å²) in [4.78, 5) is 20.3. The minimum atomic E-state index is 0.428. The molecule has 0 aliphatic carbocycles. The van der Waals surface area contributed by atoms with Gasteiger partial charge in [-0.2, -0.15) is 5.26 Å². The summed E-state index contributed by atoms with van der Waals surface area (Å²) in [7, 11) is 0. The van der Waals surface area contributed by atoms with Crippen molar-refractivity contribution in [3.05, 3.63) is 206 Å². The van der Waals surface area contributed by atoms with Crippen LogP contribution in [0.3, 0.4) is 0 Å². The Labute approximate surface area is 371 Å². The number of nitrogens with zero attached hydrogens (tertiary/aromatic N) is 7. The van der Waals surface area contributed by atoms with Crippen LogP contribution in [0, 0.1) is 11.3 Å². The van der Waals surface area contributed by atoms with Crippen LogP contribution < -0.4 is 0 Å². The van der Waals surface area contributed by atoms with E-state index in [1.807, 2.05) is 103 Å². The normalized spacial score (nSPS) is 11.7. The molecule has 0 spiro atoms. The molecule has 8 nitrogen and oxygen atoms in total. The van der Waals surface area contributed by atoms with Crippen molar-refractivity contribution in [1.82, 2.24) is 29.1 Å². The van der Waals surface area contributed by atoms with Gasteiger partial charge in [-0.05, 0) is 60.7 Å². The summed E-state index contributed by atoms with van der Waals surface area (Å²) in [5, 5.41) is 17.8. The van der Waals surface area contributed by atoms with Gasteiger partial charge in [-0.1, -0.05) is 133 Å². The standard InChI is InChI=1S/C57H33N7O/c58-34-38-31-37(57-61-55(35-15-3-1-4-16-35)60-56(62-57)36-17-5-2-6-18-36)32-45(46-33-39(29-30-59-46)63-47-23-11-7-19-40(47)41-20-8-12-24-48(41)63)53(38)64-49-25-13-9-22-44(49)52-50(64)28-27-43-42-21-10-14-26-51(42)65-54(43)52/h1-33H. The van der Waals surface area contributed by atoms with E-state index in [0.717, 1.165) is 87.9 Å². The van der Waals surface area contributed by atoms with Crippen LogP contribution in [-0.4, -0.2) is 29.1 Å². The number of furan rings is 1. The lowest BCUT2D eigenvalue weighted by Crippen LogP contribution is -2.05. The van der Waals surface area contributed by atoms with Crippen LogP contribution in [0.25, 0.3) is 122 Å². The minimum absolute atomic E-state index is 0.428. The van der Waals surface area contributed by atoms with Crippen molar-refractivity contribution in [1.29, 1.82) is 5.26 Å². The third kappa shape index (κ3) is 5.70. The molecule has 5 heterocycles. The molecule has 0 fully saturated rings. The highest BCUT2D eigenvalue weighted by atomic mass is 16.3. The second-order valence-corrected chi connectivity index (χ2v) is 16.1. The summed E-state index contributed by atoms with van der Waals surface area (Å²) in [5.74, 6) is 1.50. The van der Waals surface area contributed by atoms with Gasteiger partial charge in [-0.15, -0.1) is 0 Å². The molecule has 65 heavy (non-hydrogen) atoms. The first-order valence-electron chi connectivity index (χ1n) is 21.4. The highest BCUT2D eigenvalue weighted by molar-refractivity contribution is 6.24. The maximum Gasteiger partial charge on any atom is 0.164 e. The zero-order valence-electron chi connectivity index (χ0n) is 34.6. The largest absolute Gasteiger partial charge is 0.455 e. The number of fused-ring (bicyclic) bond motifs is 10. The van der Waals surface area contributed by atoms with Crippen LogP contribution in [0.1, 0.15) is 5.56 Å². The summed E-state index contributed by atoms with van der Waals surface area (Å²) in [6, 6.07) is 68.3. The average Bonchev–Trinajstić information content (AvgIpc) is 4.04. The molecule has 0 bridgehead atoms. The Morgan fingerprint density at radius 3 is 1.65 bits per heavy atom. The Morgan fingerprint density at radius 2 is 1.00 bits per heavy atom. The van der Waals surface area contributed by atoms with Gasteiger partial charge in [0, 0.05) is 61.1 Å².